The fraction of sp³-hybridized carbons (Fsp3) is 0.391. The molecule has 2 fully saturated rings. The number of methoxy groups -OCH3 is 1. The lowest BCUT2D eigenvalue weighted by Crippen LogP contribution is -2.50. The van der Waals surface area contributed by atoms with Crippen molar-refractivity contribution < 1.29 is 14.3 Å². The second-order valence-corrected chi connectivity index (χ2v) is 7.75. The molecule has 0 aromatic heterocycles. The van der Waals surface area contributed by atoms with E-state index >= 15 is 0 Å². The highest BCUT2D eigenvalue weighted by Gasteiger charge is 2.37. The van der Waals surface area contributed by atoms with Crippen molar-refractivity contribution in [3.8, 4) is 5.75 Å². The fourth-order valence-electron chi connectivity index (χ4n) is 4.10. The van der Waals surface area contributed by atoms with Crippen LogP contribution in [0.4, 0.5) is 11.4 Å². The van der Waals surface area contributed by atoms with E-state index in [1.807, 2.05) is 54.3 Å². The van der Waals surface area contributed by atoms with Crippen LogP contribution in [0.15, 0.2) is 48.5 Å². The molecule has 152 valence electrons. The molecule has 2 heterocycles. The molecule has 2 aliphatic heterocycles. The molecule has 0 saturated carbocycles. The number of amides is 2. The maximum absolute atomic E-state index is 13.0. The summed E-state index contributed by atoms with van der Waals surface area (Å²) >= 11 is 0. The van der Waals surface area contributed by atoms with Crippen LogP contribution < -0.4 is 14.5 Å². The summed E-state index contributed by atoms with van der Waals surface area (Å²) in [6, 6.07) is 15.9. The Balaban J connectivity index is 1.36. The van der Waals surface area contributed by atoms with Gasteiger partial charge in [0, 0.05) is 56.6 Å². The molecule has 6 heteroatoms. The van der Waals surface area contributed by atoms with Gasteiger partial charge >= 0.3 is 0 Å². The van der Waals surface area contributed by atoms with Gasteiger partial charge in [0.05, 0.1) is 13.0 Å². The number of anilines is 2. The van der Waals surface area contributed by atoms with Gasteiger partial charge in [-0.2, -0.15) is 0 Å². The second kappa shape index (κ2) is 8.15. The Bertz CT molecular complexity index is 888. The van der Waals surface area contributed by atoms with E-state index in [1.165, 1.54) is 0 Å². The van der Waals surface area contributed by atoms with Crippen LogP contribution in [0.1, 0.15) is 12.0 Å². The third-order valence-corrected chi connectivity index (χ3v) is 5.83. The van der Waals surface area contributed by atoms with Crippen LogP contribution in [0, 0.1) is 12.8 Å². The van der Waals surface area contributed by atoms with Gasteiger partial charge in [0.25, 0.3) is 0 Å². The number of benzene rings is 2. The van der Waals surface area contributed by atoms with Gasteiger partial charge in [-0.25, -0.2) is 0 Å². The molecule has 0 N–H and O–H groups in total. The Kier molecular flexibility index (Phi) is 5.43. The number of rotatable bonds is 4. The Labute approximate surface area is 171 Å². The first kappa shape index (κ1) is 19.3. The number of carbonyl (C=O) groups excluding carboxylic acids is 2. The molecule has 6 nitrogen and oxygen atoms in total. The number of hydrogen-bond acceptors (Lipinski definition) is 4. The summed E-state index contributed by atoms with van der Waals surface area (Å²) in [7, 11) is 1.67. The number of aryl methyl sites for hydroxylation is 1. The highest BCUT2D eigenvalue weighted by atomic mass is 16.5. The lowest BCUT2D eigenvalue weighted by molar-refractivity contribution is -0.136. The van der Waals surface area contributed by atoms with Crippen molar-refractivity contribution in [3.63, 3.8) is 0 Å². The summed E-state index contributed by atoms with van der Waals surface area (Å²) in [4.78, 5) is 31.4. The van der Waals surface area contributed by atoms with E-state index in [1.54, 1.807) is 12.0 Å². The fourth-order valence-corrected chi connectivity index (χ4v) is 4.10. The summed E-state index contributed by atoms with van der Waals surface area (Å²) in [5.74, 6) is 0.703. The molecule has 2 saturated heterocycles. The van der Waals surface area contributed by atoms with Crippen molar-refractivity contribution >= 4 is 23.2 Å². The van der Waals surface area contributed by atoms with Crippen LogP contribution in [0.3, 0.4) is 0 Å². The average molecular weight is 393 g/mol. The zero-order chi connectivity index (χ0) is 20.4. The molecule has 1 atom stereocenters. The summed E-state index contributed by atoms with van der Waals surface area (Å²) < 4.78 is 5.31. The normalized spacial score (nSPS) is 19.6. The molecule has 0 spiro atoms. The van der Waals surface area contributed by atoms with Crippen molar-refractivity contribution in [2.45, 2.75) is 13.3 Å². The Morgan fingerprint density at radius 1 is 1.00 bits per heavy atom. The summed E-state index contributed by atoms with van der Waals surface area (Å²) in [6.45, 7) is 5.39. The Morgan fingerprint density at radius 2 is 1.72 bits per heavy atom. The molecule has 2 amide bonds. The molecule has 2 aromatic carbocycles. The lowest BCUT2D eigenvalue weighted by Gasteiger charge is -2.37. The van der Waals surface area contributed by atoms with Crippen LogP contribution in [0.5, 0.6) is 5.75 Å². The summed E-state index contributed by atoms with van der Waals surface area (Å²) in [5.41, 5.74) is 3.14. The number of hydrogen-bond donors (Lipinski definition) is 0. The van der Waals surface area contributed by atoms with Crippen LogP contribution in [-0.4, -0.2) is 56.5 Å². The molecular formula is C23H27N3O3. The van der Waals surface area contributed by atoms with Gasteiger partial charge in [-0.05, 0) is 31.2 Å². The minimum atomic E-state index is -0.257. The second-order valence-electron chi connectivity index (χ2n) is 7.75. The molecule has 2 aromatic rings. The summed E-state index contributed by atoms with van der Waals surface area (Å²) in [6.07, 6.45) is 0.294. The topological polar surface area (TPSA) is 53.1 Å². The summed E-state index contributed by atoms with van der Waals surface area (Å²) in [5, 5.41) is 0. The number of piperazine rings is 1. The molecule has 2 aliphatic rings. The third kappa shape index (κ3) is 4.06. The molecule has 0 bridgehead atoms. The zero-order valence-corrected chi connectivity index (χ0v) is 17.0. The van der Waals surface area contributed by atoms with E-state index in [2.05, 4.69) is 11.0 Å². The van der Waals surface area contributed by atoms with Crippen molar-refractivity contribution in [2.75, 3.05) is 49.6 Å². The van der Waals surface area contributed by atoms with Crippen molar-refractivity contribution in [3.05, 3.63) is 54.1 Å². The SMILES string of the molecule is COc1cccc(N2CCN(C(=O)C3CC(=O)N(c4ccc(C)cc4)C3)CC2)c1. The third-order valence-electron chi connectivity index (χ3n) is 5.83. The quantitative estimate of drug-likeness (QED) is 0.802. The van der Waals surface area contributed by atoms with Crippen LogP contribution in [0.25, 0.3) is 0 Å². The van der Waals surface area contributed by atoms with Crippen LogP contribution >= 0.6 is 0 Å². The maximum atomic E-state index is 13.0. The van der Waals surface area contributed by atoms with E-state index in [9.17, 15) is 9.59 Å². The van der Waals surface area contributed by atoms with Gasteiger partial charge in [-0.1, -0.05) is 23.8 Å². The first-order chi connectivity index (χ1) is 14.0. The molecule has 1 unspecified atom stereocenters. The molecule has 0 radical (unpaired) electrons. The zero-order valence-electron chi connectivity index (χ0n) is 17.0. The van der Waals surface area contributed by atoms with Crippen molar-refractivity contribution in [1.29, 1.82) is 0 Å². The van der Waals surface area contributed by atoms with Gasteiger partial charge in [0.2, 0.25) is 11.8 Å². The number of nitrogens with zero attached hydrogens (tertiary/aromatic N) is 3. The van der Waals surface area contributed by atoms with E-state index in [0.29, 0.717) is 26.1 Å². The molecular weight excluding hydrogens is 366 g/mol. The minimum absolute atomic E-state index is 0.0298. The largest absolute Gasteiger partial charge is 0.497 e. The Hall–Kier alpha value is -3.02. The Morgan fingerprint density at radius 3 is 2.41 bits per heavy atom. The van der Waals surface area contributed by atoms with Crippen molar-refractivity contribution in [1.82, 2.24) is 4.90 Å². The van der Waals surface area contributed by atoms with Crippen LogP contribution in [-0.2, 0) is 9.59 Å². The number of ether oxygens (including phenoxy) is 1. The lowest BCUT2D eigenvalue weighted by atomic mass is 10.1. The predicted octanol–water partition coefficient (Wildman–Crippen LogP) is 2.71. The monoisotopic (exact) mass is 393 g/mol. The van der Waals surface area contributed by atoms with E-state index in [4.69, 9.17) is 4.74 Å². The van der Waals surface area contributed by atoms with Crippen LogP contribution in [0.2, 0.25) is 0 Å². The smallest absolute Gasteiger partial charge is 0.228 e. The van der Waals surface area contributed by atoms with E-state index in [0.717, 1.165) is 35.8 Å². The first-order valence-corrected chi connectivity index (χ1v) is 10.1. The predicted molar refractivity (Wildman–Crippen MR) is 113 cm³/mol. The van der Waals surface area contributed by atoms with Gasteiger partial charge < -0.3 is 19.4 Å². The molecule has 0 aliphatic carbocycles. The molecule has 29 heavy (non-hydrogen) atoms. The highest BCUT2D eigenvalue weighted by molar-refractivity contribution is 6.00. The van der Waals surface area contributed by atoms with Crippen molar-refractivity contribution in [2.24, 2.45) is 5.92 Å². The van der Waals surface area contributed by atoms with E-state index in [-0.39, 0.29) is 17.7 Å². The number of carbonyl (C=O) groups is 2. The standard InChI is InChI=1S/C23H27N3O3/c1-17-6-8-19(9-7-17)26-16-18(14-22(26)27)23(28)25-12-10-24(11-13-25)20-4-3-5-21(15-20)29-2/h3-9,15,18H,10-14,16H2,1-2H3. The van der Waals surface area contributed by atoms with E-state index < -0.39 is 0 Å². The van der Waals surface area contributed by atoms with Gasteiger partial charge in [-0.3, -0.25) is 9.59 Å². The van der Waals surface area contributed by atoms with Gasteiger partial charge in [0.15, 0.2) is 0 Å². The average Bonchev–Trinajstić information content (AvgIpc) is 3.15. The van der Waals surface area contributed by atoms with Gasteiger partial charge in [0.1, 0.15) is 5.75 Å². The highest BCUT2D eigenvalue weighted by Crippen LogP contribution is 2.28. The maximum Gasteiger partial charge on any atom is 0.228 e. The van der Waals surface area contributed by atoms with Gasteiger partial charge in [-0.15, -0.1) is 0 Å². The minimum Gasteiger partial charge on any atom is -0.497 e. The molecule has 4 rings (SSSR count). The first-order valence-electron chi connectivity index (χ1n) is 10.1.